The summed E-state index contributed by atoms with van der Waals surface area (Å²) in [5, 5.41) is 12.2. The summed E-state index contributed by atoms with van der Waals surface area (Å²) in [5.74, 6) is 0.303. The van der Waals surface area contributed by atoms with Crippen LogP contribution < -0.4 is 0 Å². The number of carbonyl (C=O) groups excluding carboxylic acids is 1. The molecule has 7 nitrogen and oxygen atoms in total. The number of halogens is 2. The lowest BCUT2D eigenvalue weighted by molar-refractivity contribution is -0.122. The minimum atomic E-state index is -0.250. The van der Waals surface area contributed by atoms with Crippen molar-refractivity contribution in [2.24, 2.45) is 0 Å². The van der Waals surface area contributed by atoms with Gasteiger partial charge in [0.25, 0.3) is 12.4 Å². The topological polar surface area (TPSA) is 78.7 Å². The number of carboxylic acid groups (broad SMARTS) is 1. The average Bonchev–Trinajstić information content (AvgIpc) is 3.54. The molecule has 2 aromatic carbocycles. The third-order valence-corrected chi connectivity index (χ3v) is 7.28. The van der Waals surface area contributed by atoms with Crippen molar-refractivity contribution in [3.05, 3.63) is 82.4 Å². The third-order valence-electron chi connectivity index (χ3n) is 7.03. The molecule has 1 atom stereocenters. The van der Waals surface area contributed by atoms with E-state index < -0.39 is 0 Å². The van der Waals surface area contributed by atoms with Crippen LogP contribution in [-0.4, -0.2) is 70.3 Å². The second-order valence-electron chi connectivity index (χ2n) is 9.30. The highest BCUT2D eigenvalue weighted by molar-refractivity contribution is 6.30. The third kappa shape index (κ3) is 5.77. The number of piperidine rings is 1. The zero-order valence-corrected chi connectivity index (χ0v) is 20.9. The maximum absolute atomic E-state index is 13.7. The first kappa shape index (κ1) is 25.9. The predicted octanol–water partition coefficient (Wildman–Crippen LogP) is 4.80. The molecule has 190 valence electrons. The normalized spacial score (nSPS) is 18.5. The fourth-order valence-electron chi connectivity index (χ4n) is 5.11. The highest BCUT2D eigenvalue weighted by atomic mass is 35.5. The van der Waals surface area contributed by atoms with Crippen LogP contribution in [0, 0.1) is 5.82 Å². The van der Waals surface area contributed by atoms with Crippen LogP contribution >= 0.6 is 11.6 Å². The van der Waals surface area contributed by atoms with Gasteiger partial charge < -0.3 is 14.9 Å². The molecule has 2 fully saturated rings. The number of benzene rings is 2. The van der Waals surface area contributed by atoms with Gasteiger partial charge >= 0.3 is 0 Å². The van der Waals surface area contributed by atoms with Gasteiger partial charge in [-0.15, -0.1) is 0 Å². The number of aromatic nitrogens is 2. The Kier molecular flexibility index (Phi) is 8.38. The first-order chi connectivity index (χ1) is 17.4. The van der Waals surface area contributed by atoms with Crippen LogP contribution in [0.5, 0.6) is 0 Å². The maximum Gasteiger partial charge on any atom is 0.290 e. The van der Waals surface area contributed by atoms with Crippen LogP contribution in [0.15, 0.2) is 54.7 Å². The van der Waals surface area contributed by atoms with Gasteiger partial charge in [0.2, 0.25) is 0 Å². The minimum absolute atomic E-state index is 0.0359. The van der Waals surface area contributed by atoms with Crippen molar-refractivity contribution >= 4 is 24.0 Å². The highest BCUT2D eigenvalue weighted by Gasteiger charge is 2.33. The molecule has 0 aliphatic carbocycles. The summed E-state index contributed by atoms with van der Waals surface area (Å²) in [4.78, 5) is 26.3. The van der Waals surface area contributed by atoms with Crippen molar-refractivity contribution in [2.45, 2.75) is 31.1 Å². The lowest BCUT2D eigenvalue weighted by Gasteiger charge is -2.30. The monoisotopic (exact) mass is 512 g/mol. The van der Waals surface area contributed by atoms with Crippen LogP contribution in [0.2, 0.25) is 5.02 Å². The number of rotatable bonds is 4. The van der Waals surface area contributed by atoms with Gasteiger partial charge in [-0.2, -0.15) is 5.10 Å². The quantitative estimate of drug-likeness (QED) is 0.508. The van der Waals surface area contributed by atoms with Crippen LogP contribution in [0.25, 0.3) is 5.69 Å². The number of amides is 1. The standard InChI is InChI=1S/C26H28ClFN4O.CH2O2/c1-30-13-10-19(11-14-30)25-24(16-29-32(25)23-8-4-21(27)5-9-23)26(33)31-15-12-20(17-31)18-2-6-22(28)7-3-18;2-1-3/h2-9,16,19-20H,10-15,17H2,1H3;1H,(H,2,3). The first-order valence-corrected chi connectivity index (χ1v) is 12.4. The highest BCUT2D eigenvalue weighted by Crippen LogP contribution is 2.34. The Bertz CT molecular complexity index is 1170. The van der Waals surface area contributed by atoms with Crippen molar-refractivity contribution in [3.8, 4) is 5.69 Å². The maximum atomic E-state index is 13.7. The number of nitrogens with zero attached hydrogens (tertiary/aromatic N) is 4. The Balaban J connectivity index is 0.000000967. The molecule has 1 unspecified atom stereocenters. The van der Waals surface area contributed by atoms with Crippen molar-refractivity contribution in [1.29, 1.82) is 0 Å². The second-order valence-corrected chi connectivity index (χ2v) is 9.74. The molecule has 2 aliphatic heterocycles. The largest absolute Gasteiger partial charge is 0.483 e. The summed E-state index contributed by atoms with van der Waals surface area (Å²) in [6, 6.07) is 14.2. The molecular weight excluding hydrogens is 483 g/mol. The lowest BCUT2D eigenvalue weighted by Crippen LogP contribution is -2.33. The molecule has 2 saturated heterocycles. The first-order valence-electron chi connectivity index (χ1n) is 12.1. The molecule has 9 heteroatoms. The summed E-state index contributed by atoms with van der Waals surface area (Å²) in [6.07, 6.45) is 4.60. The van der Waals surface area contributed by atoms with E-state index in [1.54, 1.807) is 6.20 Å². The zero-order valence-electron chi connectivity index (χ0n) is 20.2. The van der Waals surface area contributed by atoms with Crippen LogP contribution in [0.4, 0.5) is 4.39 Å². The van der Waals surface area contributed by atoms with Gasteiger partial charge in [0, 0.05) is 29.9 Å². The molecule has 3 heterocycles. The van der Waals surface area contributed by atoms with Crippen molar-refractivity contribution in [3.63, 3.8) is 0 Å². The van der Waals surface area contributed by atoms with Crippen LogP contribution in [0.1, 0.15) is 52.7 Å². The Morgan fingerprint density at radius 2 is 1.64 bits per heavy atom. The van der Waals surface area contributed by atoms with Crippen molar-refractivity contribution in [1.82, 2.24) is 19.6 Å². The van der Waals surface area contributed by atoms with Gasteiger partial charge in [0.05, 0.1) is 23.1 Å². The smallest absolute Gasteiger partial charge is 0.290 e. The van der Waals surface area contributed by atoms with E-state index in [2.05, 4.69) is 17.0 Å². The Morgan fingerprint density at radius 1 is 1.03 bits per heavy atom. The fraction of sp³-hybridized carbons (Fsp3) is 0.370. The second kappa shape index (κ2) is 11.7. The molecule has 1 amide bonds. The summed E-state index contributed by atoms with van der Waals surface area (Å²) < 4.78 is 15.2. The molecule has 0 spiro atoms. The SMILES string of the molecule is CN1CCC(c2c(C(=O)N3CCC(c4ccc(F)cc4)C3)cnn2-c2ccc(Cl)cc2)CC1.O=CO. The fourth-order valence-corrected chi connectivity index (χ4v) is 5.23. The van der Waals surface area contributed by atoms with Gasteiger partial charge in [-0.25, -0.2) is 9.07 Å². The summed E-state index contributed by atoms with van der Waals surface area (Å²) in [6.45, 7) is 3.09. The number of hydrogen-bond acceptors (Lipinski definition) is 4. The van der Waals surface area contributed by atoms with Gasteiger partial charge in [-0.05, 0) is 81.4 Å². The zero-order chi connectivity index (χ0) is 25.7. The van der Waals surface area contributed by atoms with E-state index in [1.165, 1.54) is 12.1 Å². The van der Waals surface area contributed by atoms with E-state index in [-0.39, 0.29) is 30.0 Å². The molecule has 1 N–H and O–H groups in total. The minimum Gasteiger partial charge on any atom is -0.483 e. The van der Waals surface area contributed by atoms with E-state index in [1.807, 2.05) is 46.0 Å². The summed E-state index contributed by atoms with van der Waals surface area (Å²) in [7, 11) is 2.14. The van der Waals surface area contributed by atoms with E-state index in [0.29, 0.717) is 23.7 Å². The van der Waals surface area contributed by atoms with Gasteiger partial charge in [-0.1, -0.05) is 23.7 Å². The molecular formula is C27H30ClFN4O3. The van der Waals surface area contributed by atoms with Crippen molar-refractivity contribution < 1.29 is 19.1 Å². The lowest BCUT2D eigenvalue weighted by atomic mass is 9.91. The van der Waals surface area contributed by atoms with Gasteiger partial charge in [-0.3, -0.25) is 9.59 Å². The van der Waals surface area contributed by atoms with E-state index in [4.69, 9.17) is 21.5 Å². The molecule has 3 aromatic rings. The molecule has 2 aliphatic rings. The Hall–Kier alpha value is -3.23. The summed E-state index contributed by atoms with van der Waals surface area (Å²) in [5.41, 5.74) is 3.69. The molecule has 5 rings (SSSR count). The van der Waals surface area contributed by atoms with Crippen LogP contribution in [-0.2, 0) is 4.79 Å². The van der Waals surface area contributed by atoms with E-state index in [9.17, 15) is 9.18 Å². The predicted molar refractivity (Wildman–Crippen MR) is 136 cm³/mol. The van der Waals surface area contributed by atoms with Crippen molar-refractivity contribution in [2.75, 3.05) is 33.2 Å². The molecule has 0 saturated carbocycles. The Labute approximate surface area is 215 Å². The number of hydrogen-bond donors (Lipinski definition) is 1. The molecule has 0 bridgehead atoms. The number of likely N-dealkylation sites (tertiary alicyclic amines) is 2. The van der Waals surface area contributed by atoms with E-state index in [0.717, 1.165) is 49.3 Å². The van der Waals surface area contributed by atoms with Gasteiger partial charge in [0.1, 0.15) is 5.82 Å². The average molecular weight is 513 g/mol. The molecule has 36 heavy (non-hydrogen) atoms. The molecule has 0 radical (unpaired) electrons. The van der Waals surface area contributed by atoms with Gasteiger partial charge in [0.15, 0.2) is 0 Å². The summed E-state index contributed by atoms with van der Waals surface area (Å²) >= 11 is 6.10. The van der Waals surface area contributed by atoms with Crippen LogP contribution in [0.3, 0.4) is 0 Å². The Morgan fingerprint density at radius 3 is 2.28 bits per heavy atom. The van der Waals surface area contributed by atoms with E-state index >= 15 is 0 Å². The number of carbonyl (C=O) groups is 2. The molecule has 1 aromatic heterocycles.